The van der Waals surface area contributed by atoms with Crippen molar-refractivity contribution in [2.24, 2.45) is 4.99 Å². The molecule has 0 bridgehead atoms. The van der Waals surface area contributed by atoms with Crippen molar-refractivity contribution in [1.82, 2.24) is 20.0 Å². The SMILES string of the molecule is CN=C(NCCc1cn2ccccc2n1)NCc1cccc(F)c1.I. The Hall–Kier alpha value is -2.16. The van der Waals surface area contributed by atoms with Gasteiger partial charge in [0.2, 0.25) is 0 Å². The van der Waals surface area contributed by atoms with Crippen LogP contribution in [0.2, 0.25) is 0 Å². The molecule has 0 atom stereocenters. The second-order valence-electron chi connectivity index (χ2n) is 5.43. The van der Waals surface area contributed by atoms with Crippen molar-refractivity contribution in [3.8, 4) is 0 Å². The van der Waals surface area contributed by atoms with Crippen molar-refractivity contribution in [2.45, 2.75) is 13.0 Å². The number of hydrogen-bond acceptors (Lipinski definition) is 2. The van der Waals surface area contributed by atoms with Crippen LogP contribution in [0.4, 0.5) is 4.39 Å². The Morgan fingerprint density at radius 1 is 1.20 bits per heavy atom. The summed E-state index contributed by atoms with van der Waals surface area (Å²) in [4.78, 5) is 8.73. The second-order valence-corrected chi connectivity index (χ2v) is 5.43. The summed E-state index contributed by atoms with van der Waals surface area (Å²) in [6.07, 6.45) is 4.81. The number of rotatable bonds is 5. The van der Waals surface area contributed by atoms with E-state index in [-0.39, 0.29) is 29.8 Å². The lowest BCUT2D eigenvalue weighted by atomic mass is 10.2. The molecular weight excluding hydrogens is 432 g/mol. The highest BCUT2D eigenvalue weighted by atomic mass is 127. The van der Waals surface area contributed by atoms with Crippen molar-refractivity contribution in [3.05, 3.63) is 71.9 Å². The molecule has 0 aliphatic rings. The van der Waals surface area contributed by atoms with E-state index in [1.54, 1.807) is 13.1 Å². The highest BCUT2D eigenvalue weighted by molar-refractivity contribution is 14.0. The lowest BCUT2D eigenvalue weighted by molar-refractivity contribution is 0.624. The minimum absolute atomic E-state index is 0. The van der Waals surface area contributed by atoms with Crippen molar-refractivity contribution < 1.29 is 4.39 Å². The third kappa shape index (κ3) is 5.42. The number of hydrogen-bond donors (Lipinski definition) is 2. The number of nitrogens with one attached hydrogen (secondary N) is 2. The molecule has 0 saturated heterocycles. The zero-order valence-electron chi connectivity index (χ0n) is 13.9. The van der Waals surface area contributed by atoms with Crippen molar-refractivity contribution in [2.75, 3.05) is 13.6 Å². The summed E-state index contributed by atoms with van der Waals surface area (Å²) in [5.74, 6) is 0.451. The fourth-order valence-electron chi connectivity index (χ4n) is 2.47. The van der Waals surface area contributed by atoms with Gasteiger partial charge in [-0.2, -0.15) is 0 Å². The first-order chi connectivity index (χ1) is 11.7. The van der Waals surface area contributed by atoms with E-state index in [1.165, 1.54) is 12.1 Å². The maximum absolute atomic E-state index is 13.2. The van der Waals surface area contributed by atoms with E-state index in [0.29, 0.717) is 19.0 Å². The number of aliphatic imine (C=N–C) groups is 1. The lowest BCUT2D eigenvalue weighted by Crippen LogP contribution is -2.37. The van der Waals surface area contributed by atoms with Crippen LogP contribution in [0.3, 0.4) is 0 Å². The van der Waals surface area contributed by atoms with E-state index in [2.05, 4.69) is 20.6 Å². The van der Waals surface area contributed by atoms with Gasteiger partial charge in [-0.15, -0.1) is 24.0 Å². The average Bonchev–Trinajstić information content (AvgIpc) is 3.00. The standard InChI is InChI=1S/C18H20FN5.HI/c1-20-18(22-12-14-5-4-6-15(19)11-14)21-9-8-16-13-24-10-3-2-7-17(24)23-16;/h2-7,10-11,13H,8-9,12H2,1H3,(H2,20,21,22);1H. The van der Waals surface area contributed by atoms with Crippen LogP contribution in [-0.4, -0.2) is 28.9 Å². The Balaban J connectivity index is 0.00000225. The van der Waals surface area contributed by atoms with Crippen LogP contribution in [0, 0.1) is 5.82 Å². The summed E-state index contributed by atoms with van der Waals surface area (Å²) in [5, 5.41) is 6.42. The number of fused-ring (bicyclic) bond motifs is 1. The van der Waals surface area contributed by atoms with Crippen molar-refractivity contribution in [1.29, 1.82) is 0 Å². The van der Waals surface area contributed by atoms with Gasteiger partial charge in [0, 0.05) is 39.0 Å². The van der Waals surface area contributed by atoms with E-state index in [1.807, 2.05) is 41.1 Å². The Labute approximate surface area is 163 Å². The number of nitrogens with zero attached hydrogens (tertiary/aromatic N) is 3. The molecule has 0 saturated carbocycles. The third-order valence-electron chi connectivity index (χ3n) is 3.66. The molecule has 2 N–H and O–H groups in total. The molecule has 1 aromatic carbocycles. The summed E-state index contributed by atoms with van der Waals surface area (Å²) >= 11 is 0. The van der Waals surface area contributed by atoms with Crippen molar-refractivity contribution in [3.63, 3.8) is 0 Å². The van der Waals surface area contributed by atoms with Gasteiger partial charge in [-0.25, -0.2) is 9.37 Å². The van der Waals surface area contributed by atoms with Crippen LogP contribution in [0.15, 0.2) is 59.9 Å². The fraction of sp³-hybridized carbons (Fsp3) is 0.222. The molecule has 25 heavy (non-hydrogen) atoms. The van der Waals surface area contributed by atoms with E-state index in [4.69, 9.17) is 0 Å². The molecule has 3 rings (SSSR count). The maximum atomic E-state index is 13.2. The fourth-order valence-corrected chi connectivity index (χ4v) is 2.47. The summed E-state index contributed by atoms with van der Waals surface area (Å²) in [6.45, 7) is 1.23. The molecule has 132 valence electrons. The number of aromatic nitrogens is 2. The monoisotopic (exact) mass is 453 g/mol. The van der Waals surface area contributed by atoms with Crippen LogP contribution >= 0.6 is 24.0 Å². The second kappa shape index (κ2) is 9.36. The Morgan fingerprint density at radius 2 is 2.08 bits per heavy atom. The summed E-state index contributed by atoms with van der Waals surface area (Å²) in [7, 11) is 1.71. The van der Waals surface area contributed by atoms with Crippen LogP contribution in [0.1, 0.15) is 11.3 Å². The van der Waals surface area contributed by atoms with Gasteiger partial charge in [0.15, 0.2) is 5.96 Å². The number of pyridine rings is 1. The van der Waals surface area contributed by atoms with Gasteiger partial charge in [-0.3, -0.25) is 4.99 Å². The molecule has 0 aliphatic heterocycles. The molecule has 0 aliphatic carbocycles. The molecule has 0 amide bonds. The molecule has 0 radical (unpaired) electrons. The lowest BCUT2D eigenvalue weighted by Gasteiger charge is -2.11. The third-order valence-corrected chi connectivity index (χ3v) is 3.66. The van der Waals surface area contributed by atoms with Gasteiger partial charge < -0.3 is 15.0 Å². The van der Waals surface area contributed by atoms with Gasteiger partial charge in [0.25, 0.3) is 0 Å². The Bertz CT molecular complexity index is 813. The summed E-state index contributed by atoms with van der Waals surface area (Å²) < 4.78 is 15.2. The highest BCUT2D eigenvalue weighted by Crippen LogP contribution is 2.05. The molecule has 2 heterocycles. The quantitative estimate of drug-likeness (QED) is 0.355. The minimum atomic E-state index is -0.232. The highest BCUT2D eigenvalue weighted by Gasteiger charge is 2.03. The number of guanidine groups is 1. The minimum Gasteiger partial charge on any atom is -0.356 e. The topological polar surface area (TPSA) is 53.7 Å². The first-order valence-corrected chi connectivity index (χ1v) is 7.86. The largest absolute Gasteiger partial charge is 0.356 e. The van der Waals surface area contributed by atoms with Gasteiger partial charge in [0.05, 0.1) is 5.69 Å². The van der Waals surface area contributed by atoms with Crippen LogP contribution in [0.25, 0.3) is 5.65 Å². The zero-order valence-corrected chi connectivity index (χ0v) is 16.3. The smallest absolute Gasteiger partial charge is 0.191 e. The van der Waals surface area contributed by atoms with E-state index >= 15 is 0 Å². The molecule has 2 aromatic heterocycles. The molecule has 0 spiro atoms. The summed E-state index contributed by atoms with van der Waals surface area (Å²) in [5.41, 5.74) is 2.84. The number of imidazole rings is 1. The molecule has 5 nitrogen and oxygen atoms in total. The van der Waals surface area contributed by atoms with Gasteiger partial charge in [-0.1, -0.05) is 18.2 Å². The predicted octanol–water partition coefficient (Wildman–Crippen LogP) is 3.00. The molecular formula is C18H21FIN5. The van der Waals surface area contributed by atoms with E-state index in [9.17, 15) is 4.39 Å². The van der Waals surface area contributed by atoms with E-state index < -0.39 is 0 Å². The maximum Gasteiger partial charge on any atom is 0.191 e. The molecule has 7 heteroatoms. The van der Waals surface area contributed by atoms with Crippen LogP contribution < -0.4 is 10.6 Å². The summed E-state index contributed by atoms with van der Waals surface area (Å²) in [6, 6.07) is 12.5. The average molecular weight is 453 g/mol. The zero-order chi connectivity index (χ0) is 16.8. The first-order valence-electron chi connectivity index (χ1n) is 7.86. The van der Waals surface area contributed by atoms with Gasteiger partial charge in [-0.05, 0) is 29.8 Å². The Kier molecular flexibility index (Phi) is 7.17. The molecule has 3 aromatic rings. The Morgan fingerprint density at radius 3 is 2.84 bits per heavy atom. The van der Waals surface area contributed by atoms with Crippen LogP contribution in [-0.2, 0) is 13.0 Å². The van der Waals surface area contributed by atoms with Gasteiger partial charge in [0.1, 0.15) is 11.5 Å². The number of benzene rings is 1. The van der Waals surface area contributed by atoms with Crippen LogP contribution in [0.5, 0.6) is 0 Å². The predicted molar refractivity (Wildman–Crippen MR) is 109 cm³/mol. The van der Waals surface area contributed by atoms with Gasteiger partial charge >= 0.3 is 0 Å². The molecule has 0 fully saturated rings. The van der Waals surface area contributed by atoms with E-state index in [0.717, 1.165) is 23.3 Å². The molecule has 0 unspecified atom stereocenters. The van der Waals surface area contributed by atoms with Crippen molar-refractivity contribution >= 4 is 35.6 Å². The first kappa shape index (κ1) is 19.2. The number of halogens is 2. The normalized spacial score (nSPS) is 11.2.